The van der Waals surface area contributed by atoms with Gasteiger partial charge in [-0.15, -0.1) is 0 Å². The fourth-order valence-corrected chi connectivity index (χ4v) is 3.08. The van der Waals surface area contributed by atoms with Crippen LogP contribution in [0.4, 0.5) is 0 Å². The molecule has 0 aromatic carbocycles. The first kappa shape index (κ1) is 14.3. The molecule has 106 valence electrons. The lowest BCUT2D eigenvalue weighted by Crippen LogP contribution is -2.63. The summed E-state index contributed by atoms with van der Waals surface area (Å²) in [5.74, 6) is 0.994. The van der Waals surface area contributed by atoms with E-state index in [-0.39, 0.29) is 0 Å². The predicted octanol–water partition coefficient (Wildman–Crippen LogP) is 3.13. The monoisotopic (exact) mass is 252 g/mol. The van der Waals surface area contributed by atoms with E-state index in [1.54, 1.807) is 0 Å². The Labute approximate surface area is 114 Å². The van der Waals surface area contributed by atoms with Crippen LogP contribution in [-0.4, -0.2) is 36.6 Å². The van der Waals surface area contributed by atoms with E-state index in [0.717, 1.165) is 12.5 Å². The van der Waals surface area contributed by atoms with Crippen LogP contribution in [0.25, 0.3) is 0 Å². The van der Waals surface area contributed by atoms with E-state index in [9.17, 15) is 0 Å². The largest absolute Gasteiger partial charge is 0.311 e. The van der Waals surface area contributed by atoms with Gasteiger partial charge < -0.3 is 5.32 Å². The molecule has 1 saturated heterocycles. The molecular weight excluding hydrogens is 220 g/mol. The third kappa shape index (κ3) is 3.48. The molecule has 18 heavy (non-hydrogen) atoms. The minimum absolute atomic E-state index is 0.366. The third-order valence-corrected chi connectivity index (χ3v) is 4.65. The maximum Gasteiger partial charge on any atom is 0.0269 e. The molecule has 0 aromatic rings. The Hall–Kier alpha value is -0.0800. The molecule has 1 saturated carbocycles. The van der Waals surface area contributed by atoms with Crippen molar-refractivity contribution in [1.29, 1.82) is 0 Å². The minimum atomic E-state index is 0.366. The van der Waals surface area contributed by atoms with E-state index in [1.807, 2.05) is 0 Å². The first-order valence-corrected chi connectivity index (χ1v) is 7.65. The van der Waals surface area contributed by atoms with E-state index in [1.165, 1.54) is 25.9 Å². The molecular formula is C16H32N2. The molecule has 2 unspecified atom stereocenters. The summed E-state index contributed by atoms with van der Waals surface area (Å²) in [5, 5.41) is 3.80. The molecule has 0 aromatic heterocycles. The summed E-state index contributed by atoms with van der Waals surface area (Å²) in [6.45, 7) is 17.9. The SMILES string of the molecule is CC(C)(C)C1CN(CC2CC2)C(C(C)(C)C)CN1. The highest BCUT2D eigenvalue weighted by Gasteiger charge is 2.40. The van der Waals surface area contributed by atoms with Gasteiger partial charge in [0.1, 0.15) is 0 Å². The Kier molecular flexibility index (Phi) is 3.81. The highest BCUT2D eigenvalue weighted by molar-refractivity contribution is 4.97. The zero-order valence-electron chi connectivity index (χ0n) is 13.2. The maximum atomic E-state index is 3.80. The van der Waals surface area contributed by atoms with Crippen LogP contribution in [0.3, 0.4) is 0 Å². The second-order valence-corrected chi connectivity index (χ2v) is 8.61. The highest BCUT2D eigenvalue weighted by atomic mass is 15.2. The number of nitrogens with zero attached hydrogens (tertiary/aromatic N) is 1. The van der Waals surface area contributed by atoms with Crippen molar-refractivity contribution in [2.45, 2.75) is 66.5 Å². The average molecular weight is 252 g/mol. The highest BCUT2D eigenvalue weighted by Crippen LogP contribution is 2.35. The van der Waals surface area contributed by atoms with Gasteiger partial charge >= 0.3 is 0 Å². The van der Waals surface area contributed by atoms with Crippen LogP contribution in [0.15, 0.2) is 0 Å². The molecule has 0 spiro atoms. The second kappa shape index (κ2) is 4.79. The standard InChI is InChI=1S/C16H32N2/c1-15(2,3)13-11-18(10-12-7-8-12)14(9-17-13)16(4,5)6/h12-14,17H,7-11H2,1-6H3. The summed E-state index contributed by atoms with van der Waals surface area (Å²) in [6, 6.07) is 1.33. The van der Waals surface area contributed by atoms with Crippen LogP contribution < -0.4 is 5.32 Å². The lowest BCUT2D eigenvalue weighted by Gasteiger charge is -2.49. The van der Waals surface area contributed by atoms with Crippen molar-refractivity contribution in [3.8, 4) is 0 Å². The lowest BCUT2D eigenvalue weighted by atomic mass is 9.79. The van der Waals surface area contributed by atoms with Gasteiger partial charge in [-0.25, -0.2) is 0 Å². The van der Waals surface area contributed by atoms with E-state index in [2.05, 4.69) is 51.8 Å². The summed E-state index contributed by atoms with van der Waals surface area (Å²) in [4.78, 5) is 2.78. The number of piperazine rings is 1. The molecule has 0 radical (unpaired) electrons. The fourth-order valence-electron chi connectivity index (χ4n) is 3.08. The molecule has 2 aliphatic rings. The number of rotatable bonds is 2. The van der Waals surface area contributed by atoms with Gasteiger partial charge in [-0.2, -0.15) is 0 Å². The van der Waals surface area contributed by atoms with Gasteiger partial charge in [0.2, 0.25) is 0 Å². The van der Waals surface area contributed by atoms with Gasteiger partial charge in [-0.05, 0) is 29.6 Å². The minimum Gasteiger partial charge on any atom is -0.311 e. The number of hydrogen-bond acceptors (Lipinski definition) is 2. The summed E-state index contributed by atoms with van der Waals surface area (Å²) in [7, 11) is 0. The van der Waals surface area contributed by atoms with Crippen molar-refractivity contribution in [3.05, 3.63) is 0 Å². The van der Waals surface area contributed by atoms with Crippen LogP contribution in [0.1, 0.15) is 54.4 Å². The van der Waals surface area contributed by atoms with Gasteiger partial charge in [0.25, 0.3) is 0 Å². The zero-order valence-corrected chi connectivity index (χ0v) is 13.2. The van der Waals surface area contributed by atoms with Gasteiger partial charge in [0.15, 0.2) is 0 Å². The van der Waals surface area contributed by atoms with E-state index in [4.69, 9.17) is 0 Å². The molecule has 1 aliphatic heterocycles. The van der Waals surface area contributed by atoms with Gasteiger partial charge in [-0.3, -0.25) is 4.90 Å². The molecule has 1 N–H and O–H groups in total. The third-order valence-electron chi connectivity index (χ3n) is 4.65. The smallest absolute Gasteiger partial charge is 0.0269 e. The Balaban J connectivity index is 2.05. The van der Waals surface area contributed by atoms with Crippen molar-refractivity contribution in [3.63, 3.8) is 0 Å². The van der Waals surface area contributed by atoms with Crippen molar-refractivity contribution in [2.24, 2.45) is 16.7 Å². The fraction of sp³-hybridized carbons (Fsp3) is 1.00. The molecule has 1 aliphatic carbocycles. The maximum absolute atomic E-state index is 3.80. The first-order chi connectivity index (χ1) is 8.18. The van der Waals surface area contributed by atoms with Crippen LogP contribution in [0.2, 0.25) is 0 Å². The van der Waals surface area contributed by atoms with Crippen molar-refractivity contribution in [2.75, 3.05) is 19.6 Å². The molecule has 2 rings (SSSR count). The molecule has 2 heteroatoms. The summed E-state index contributed by atoms with van der Waals surface area (Å²) in [5.41, 5.74) is 0.745. The van der Waals surface area contributed by atoms with Gasteiger partial charge in [-0.1, -0.05) is 41.5 Å². The van der Waals surface area contributed by atoms with Crippen LogP contribution in [0, 0.1) is 16.7 Å². The van der Waals surface area contributed by atoms with Crippen molar-refractivity contribution < 1.29 is 0 Å². The first-order valence-electron chi connectivity index (χ1n) is 7.65. The van der Waals surface area contributed by atoms with E-state index in [0.29, 0.717) is 22.9 Å². The topological polar surface area (TPSA) is 15.3 Å². The van der Waals surface area contributed by atoms with Crippen molar-refractivity contribution in [1.82, 2.24) is 10.2 Å². The Bertz CT molecular complexity index is 280. The quantitative estimate of drug-likeness (QED) is 0.812. The normalized spacial score (nSPS) is 31.7. The van der Waals surface area contributed by atoms with E-state index >= 15 is 0 Å². The van der Waals surface area contributed by atoms with Crippen LogP contribution >= 0.6 is 0 Å². The Morgan fingerprint density at radius 2 is 1.61 bits per heavy atom. The van der Waals surface area contributed by atoms with E-state index < -0.39 is 0 Å². The van der Waals surface area contributed by atoms with Crippen molar-refractivity contribution >= 4 is 0 Å². The molecule has 1 heterocycles. The van der Waals surface area contributed by atoms with Crippen LogP contribution in [0.5, 0.6) is 0 Å². The number of nitrogens with one attached hydrogen (secondary N) is 1. The second-order valence-electron chi connectivity index (χ2n) is 8.61. The molecule has 2 nitrogen and oxygen atoms in total. The molecule has 0 bridgehead atoms. The number of hydrogen-bond donors (Lipinski definition) is 1. The summed E-state index contributed by atoms with van der Waals surface area (Å²) < 4.78 is 0. The van der Waals surface area contributed by atoms with Gasteiger partial charge in [0, 0.05) is 31.7 Å². The summed E-state index contributed by atoms with van der Waals surface area (Å²) >= 11 is 0. The average Bonchev–Trinajstić information content (AvgIpc) is 2.98. The predicted molar refractivity (Wildman–Crippen MR) is 78.8 cm³/mol. The Morgan fingerprint density at radius 1 is 1.00 bits per heavy atom. The molecule has 2 fully saturated rings. The molecule has 2 atom stereocenters. The lowest BCUT2D eigenvalue weighted by molar-refractivity contribution is 0.0274. The summed E-state index contributed by atoms with van der Waals surface area (Å²) in [6.07, 6.45) is 2.92. The zero-order chi connectivity index (χ0) is 13.6. The Morgan fingerprint density at radius 3 is 2.06 bits per heavy atom. The van der Waals surface area contributed by atoms with Gasteiger partial charge in [0.05, 0.1) is 0 Å². The molecule has 0 amide bonds. The van der Waals surface area contributed by atoms with Crippen LogP contribution in [-0.2, 0) is 0 Å².